The number of rotatable bonds is 0. The standard InChI is InChI=1S/C9H12N2.2C2H6/c1-9-5-3-2-4-8(9)6-10-7-11-9;2*1-2/h2-6,8,11H,7H2,1H3;2*1-2H3. The maximum Gasteiger partial charge on any atom is 0.0887 e. The zero-order valence-electron chi connectivity index (χ0n) is 10.6. The molecule has 0 amide bonds. The first-order valence-electron chi connectivity index (χ1n) is 5.92. The molecule has 2 heteroatoms. The number of nitrogens with zero attached hydrogens (tertiary/aromatic N) is 1. The third kappa shape index (κ3) is 3.63. The summed E-state index contributed by atoms with van der Waals surface area (Å²) in [6.07, 6.45) is 10.6. The minimum atomic E-state index is 0.108. The van der Waals surface area contributed by atoms with Crippen LogP contribution >= 0.6 is 0 Å². The van der Waals surface area contributed by atoms with E-state index < -0.39 is 0 Å². The summed E-state index contributed by atoms with van der Waals surface area (Å²) in [6, 6.07) is 0. The van der Waals surface area contributed by atoms with Crippen LogP contribution in [0.4, 0.5) is 0 Å². The summed E-state index contributed by atoms with van der Waals surface area (Å²) in [4.78, 5) is 4.19. The van der Waals surface area contributed by atoms with Crippen molar-refractivity contribution in [2.45, 2.75) is 40.2 Å². The van der Waals surface area contributed by atoms with E-state index in [2.05, 4.69) is 41.5 Å². The average molecular weight is 208 g/mol. The second-order valence-corrected chi connectivity index (χ2v) is 3.22. The molecule has 1 heterocycles. The Bertz CT molecular complexity index is 241. The second kappa shape index (κ2) is 7.41. The van der Waals surface area contributed by atoms with Gasteiger partial charge >= 0.3 is 0 Å². The van der Waals surface area contributed by atoms with Crippen LogP contribution in [0.15, 0.2) is 29.3 Å². The Labute approximate surface area is 94.2 Å². The molecule has 0 saturated heterocycles. The first-order valence-corrected chi connectivity index (χ1v) is 5.92. The zero-order chi connectivity index (χ0) is 11.7. The zero-order valence-corrected chi connectivity index (χ0v) is 10.6. The maximum absolute atomic E-state index is 4.19. The largest absolute Gasteiger partial charge is 0.289 e. The molecule has 0 aromatic carbocycles. The molecule has 15 heavy (non-hydrogen) atoms. The van der Waals surface area contributed by atoms with Crippen LogP contribution in [0.25, 0.3) is 0 Å². The predicted molar refractivity (Wildman–Crippen MR) is 69.4 cm³/mol. The Morgan fingerprint density at radius 3 is 2.47 bits per heavy atom. The molecule has 0 spiro atoms. The second-order valence-electron chi connectivity index (χ2n) is 3.22. The van der Waals surface area contributed by atoms with E-state index >= 15 is 0 Å². The summed E-state index contributed by atoms with van der Waals surface area (Å²) in [6.45, 7) is 10.9. The van der Waals surface area contributed by atoms with Crippen molar-refractivity contribution >= 4 is 6.21 Å². The van der Waals surface area contributed by atoms with Crippen LogP contribution in [0.1, 0.15) is 34.6 Å². The first-order chi connectivity index (χ1) is 7.31. The van der Waals surface area contributed by atoms with Crippen molar-refractivity contribution in [2.24, 2.45) is 10.9 Å². The van der Waals surface area contributed by atoms with Crippen LogP contribution in [0.2, 0.25) is 0 Å². The first kappa shape index (κ1) is 14.1. The molecular formula is C13H24N2. The highest BCUT2D eigenvalue weighted by Crippen LogP contribution is 2.24. The van der Waals surface area contributed by atoms with Crippen LogP contribution < -0.4 is 5.32 Å². The monoisotopic (exact) mass is 208 g/mol. The van der Waals surface area contributed by atoms with Gasteiger partial charge in [0.15, 0.2) is 0 Å². The quantitative estimate of drug-likeness (QED) is 0.649. The Morgan fingerprint density at radius 1 is 1.20 bits per heavy atom. The third-order valence-electron chi connectivity index (χ3n) is 2.38. The normalized spacial score (nSPS) is 30.6. The van der Waals surface area contributed by atoms with Crippen LogP contribution in [0.3, 0.4) is 0 Å². The minimum Gasteiger partial charge on any atom is -0.289 e. The number of hydrogen-bond donors (Lipinski definition) is 1. The van der Waals surface area contributed by atoms with Crippen molar-refractivity contribution in [1.82, 2.24) is 5.32 Å². The third-order valence-corrected chi connectivity index (χ3v) is 2.38. The van der Waals surface area contributed by atoms with E-state index in [9.17, 15) is 0 Å². The molecule has 0 radical (unpaired) electrons. The maximum atomic E-state index is 4.19. The highest BCUT2D eigenvalue weighted by molar-refractivity contribution is 5.68. The lowest BCUT2D eigenvalue weighted by Crippen LogP contribution is -2.50. The molecule has 2 aliphatic rings. The number of aliphatic imine (C=N–C) groups is 1. The summed E-state index contributed by atoms with van der Waals surface area (Å²) in [7, 11) is 0. The molecular weight excluding hydrogens is 184 g/mol. The summed E-state index contributed by atoms with van der Waals surface area (Å²) in [5.74, 6) is 0.432. The highest BCUT2D eigenvalue weighted by Gasteiger charge is 2.31. The molecule has 0 saturated carbocycles. The van der Waals surface area contributed by atoms with Crippen molar-refractivity contribution in [3.05, 3.63) is 24.3 Å². The fourth-order valence-corrected chi connectivity index (χ4v) is 1.51. The summed E-state index contributed by atoms with van der Waals surface area (Å²) in [5.41, 5.74) is 0.108. The van der Waals surface area contributed by atoms with Gasteiger partial charge in [0.2, 0.25) is 0 Å². The van der Waals surface area contributed by atoms with Gasteiger partial charge < -0.3 is 0 Å². The molecule has 0 fully saturated rings. The molecule has 0 aromatic rings. The van der Waals surface area contributed by atoms with E-state index in [0.29, 0.717) is 5.92 Å². The molecule has 2 atom stereocenters. The predicted octanol–water partition coefficient (Wildman–Crippen LogP) is 3.17. The number of fused-ring (bicyclic) bond motifs is 1. The van der Waals surface area contributed by atoms with E-state index in [1.54, 1.807) is 0 Å². The smallest absolute Gasteiger partial charge is 0.0887 e. The van der Waals surface area contributed by atoms with Gasteiger partial charge in [0.05, 0.1) is 6.67 Å². The Balaban J connectivity index is 0.000000442. The van der Waals surface area contributed by atoms with Gasteiger partial charge in [0.25, 0.3) is 0 Å². The Morgan fingerprint density at radius 2 is 1.87 bits per heavy atom. The van der Waals surface area contributed by atoms with Crippen molar-refractivity contribution in [3.63, 3.8) is 0 Å². The van der Waals surface area contributed by atoms with E-state index in [1.807, 2.05) is 33.9 Å². The molecule has 2 rings (SSSR count). The molecule has 1 aliphatic heterocycles. The van der Waals surface area contributed by atoms with Crippen molar-refractivity contribution in [3.8, 4) is 0 Å². The summed E-state index contributed by atoms with van der Waals surface area (Å²) in [5, 5.41) is 3.36. The van der Waals surface area contributed by atoms with Gasteiger partial charge in [-0.05, 0) is 6.92 Å². The fourth-order valence-electron chi connectivity index (χ4n) is 1.51. The van der Waals surface area contributed by atoms with Crippen LogP contribution in [0, 0.1) is 5.92 Å². The minimum absolute atomic E-state index is 0.108. The van der Waals surface area contributed by atoms with E-state index in [0.717, 1.165) is 6.67 Å². The summed E-state index contributed by atoms with van der Waals surface area (Å²) >= 11 is 0. The van der Waals surface area contributed by atoms with E-state index in [-0.39, 0.29) is 5.54 Å². The van der Waals surface area contributed by atoms with Crippen molar-refractivity contribution < 1.29 is 0 Å². The van der Waals surface area contributed by atoms with Gasteiger partial charge in [-0.15, -0.1) is 0 Å². The molecule has 1 N–H and O–H groups in total. The van der Waals surface area contributed by atoms with Crippen molar-refractivity contribution in [2.75, 3.05) is 6.67 Å². The van der Waals surface area contributed by atoms with Crippen LogP contribution in [-0.2, 0) is 0 Å². The van der Waals surface area contributed by atoms with E-state index in [1.165, 1.54) is 0 Å². The Hall–Kier alpha value is -0.890. The van der Waals surface area contributed by atoms with Gasteiger partial charge in [-0.25, -0.2) is 0 Å². The lowest BCUT2D eigenvalue weighted by Gasteiger charge is -2.36. The molecule has 0 aromatic heterocycles. The van der Waals surface area contributed by atoms with E-state index in [4.69, 9.17) is 0 Å². The number of hydrogen-bond acceptors (Lipinski definition) is 2. The fraction of sp³-hybridized carbons (Fsp3) is 0.615. The molecule has 1 aliphatic carbocycles. The molecule has 86 valence electrons. The summed E-state index contributed by atoms with van der Waals surface area (Å²) < 4.78 is 0. The lowest BCUT2D eigenvalue weighted by atomic mass is 9.82. The van der Waals surface area contributed by atoms with Crippen LogP contribution in [-0.4, -0.2) is 18.4 Å². The van der Waals surface area contributed by atoms with Gasteiger partial charge in [0.1, 0.15) is 0 Å². The van der Waals surface area contributed by atoms with Gasteiger partial charge in [-0.3, -0.25) is 10.3 Å². The topological polar surface area (TPSA) is 24.4 Å². The van der Waals surface area contributed by atoms with Crippen LogP contribution in [0.5, 0.6) is 0 Å². The highest BCUT2D eigenvalue weighted by atomic mass is 15.1. The number of nitrogens with one attached hydrogen (secondary N) is 1. The molecule has 2 nitrogen and oxygen atoms in total. The van der Waals surface area contributed by atoms with Crippen molar-refractivity contribution in [1.29, 1.82) is 0 Å². The number of allylic oxidation sites excluding steroid dienone is 2. The van der Waals surface area contributed by atoms with Gasteiger partial charge in [-0.2, -0.15) is 0 Å². The Kier molecular flexibility index (Phi) is 6.97. The molecule has 0 bridgehead atoms. The molecule has 2 unspecified atom stereocenters. The SMILES string of the molecule is CC.CC.CC12C=CC=CC1C=NCN2. The average Bonchev–Trinajstić information content (AvgIpc) is 2.33. The van der Waals surface area contributed by atoms with Gasteiger partial charge in [0, 0.05) is 17.7 Å². The lowest BCUT2D eigenvalue weighted by molar-refractivity contribution is 0.386. The van der Waals surface area contributed by atoms with Gasteiger partial charge in [-0.1, -0.05) is 52.0 Å².